The topological polar surface area (TPSA) is 116 Å². The zero-order valence-electron chi connectivity index (χ0n) is 13.3. The second kappa shape index (κ2) is 9.36. The van der Waals surface area contributed by atoms with E-state index in [0.717, 1.165) is 0 Å². The standard InChI is InChI=1S/C12H12BN2O5S2.2Na/c16-11(17)9-8(5-21-12-15-14-6-22-12)2-1-7-3-4-13(18,19)20-10(7)9;;/h1-2,6,18-19H,3-5H2,(H,16,17);;/q-1;2*+1/p-1. The van der Waals surface area contributed by atoms with E-state index in [0.29, 0.717) is 27.6 Å². The van der Waals surface area contributed by atoms with Crippen molar-refractivity contribution >= 4 is 35.8 Å². The summed E-state index contributed by atoms with van der Waals surface area (Å²) in [7, 11) is 0. The molecule has 0 unspecified atom stereocenters. The summed E-state index contributed by atoms with van der Waals surface area (Å²) in [6, 6.07) is 3.43. The fraction of sp³-hybridized carbons (Fsp3) is 0.250. The summed E-state index contributed by atoms with van der Waals surface area (Å²) in [4.78, 5) is 11.5. The Morgan fingerprint density at radius 3 is 2.79 bits per heavy atom. The van der Waals surface area contributed by atoms with Gasteiger partial charge in [0.1, 0.15) is 5.51 Å². The number of carbonyl (C=O) groups is 1. The van der Waals surface area contributed by atoms with Crippen LogP contribution in [0.2, 0.25) is 6.32 Å². The van der Waals surface area contributed by atoms with Crippen LogP contribution in [0.5, 0.6) is 5.75 Å². The van der Waals surface area contributed by atoms with Crippen molar-refractivity contribution in [3.8, 4) is 5.75 Å². The number of aromatic nitrogens is 2. The zero-order valence-corrected chi connectivity index (χ0v) is 18.9. The summed E-state index contributed by atoms with van der Waals surface area (Å²) >= 11 is 2.70. The number of carboxylic acids is 1. The first-order valence-electron chi connectivity index (χ1n) is 6.50. The van der Waals surface area contributed by atoms with Crippen molar-refractivity contribution in [3.63, 3.8) is 0 Å². The van der Waals surface area contributed by atoms with Crippen molar-refractivity contribution in [2.45, 2.75) is 22.8 Å². The van der Waals surface area contributed by atoms with Gasteiger partial charge >= 0.3 is 65.9 Å². The van der Waals surface area contributed by atoms with Crippen molar-refractivity contribution in [3.05, 3.63) is 34.3 Å². The maximum Gasteiger partial charge on any atom is 1.00 e. The van der Waals surface area contributed by atoms with E-state index in [2.05, 4.69) is 10.2 Å². The Morgan fingerprint density at radius 1 is 1.42 bits per heavy atom. The van der Waals surface area contributed by atoms with Gasteiger partial charge in [-0.05, 0) is 17.5 Å². The van der Waals surface area contributed by atoms with Crippen LogP contribution in [0.25, 0.3) is 0 Å². The summed E-state index contributed by atoms with van der Waals surface area (Å²) in [5.41, 5.74) is 2.56. The van der Waals surface area contributed by atoms with Gasteiger partial charge in [-0.25, -0.2) is 0 Å². The van der Waals surface area contributed by atoms with E-state index in [1.165, 1.54) is 23.1 Å². The summed E-state index contributed by atoms with van der Waals surface area (Å²) < 4.78 is 5.82. The van der Waals surface area contributed by atoms with Crippen molar-refractivity contribution in [2.24, 2.45) is 0 Å². The predicted octanol–water partition coefficient (Wildman–Crippen LogP) is -5.94. The Labute approximate surface area is 190 Å². The molecule has 0 saturated heterocycles. The van der Waals surface area contributed by atoms with E-state index in [4.69, 9.17) is 4.65 Å². The van der Waals surface area contributed by atoms with E-state index in [1.54, 1.807) is 17.6 Å². The maximum absolute atomic E-state index is 11.5. The molecule has 1 aromatic heterocycles. The Bertz CT molecular complexity index is 718. The number of aromatic carboxylic acids is 1. The summed E-state index contributed by atoms with van der Waals surface area (Å²) in [6.45, 7) is -3.02. The summed E-state index contributed by atoms with van der Waals surface area (Å²) in [6.07, 6.45) is 0.380. The van der Waals surface area contributed by atoms with Gasteiger partial charge in [-0.1, -0.05) is 41.6 Å². The van der Waals surface area contributed by atoms with Gasteiger partial charge in [0.15, 0.2) is 4.34 Å². The van der Waals surface area contributed by atoms with Crippen LogP contribution in [0.15, 0.2) is 22.0 Å². The van der Waals surface area contributed by atoms with Gasteiger partial charge in [0.25, 0.3) is 0 Å². The third kappa shape index (κ3) is 5.20. The molecule has 1 aromatic carbocycles. The van der Waals surface area contributed by atoms with E-state index >= 15 is 0 Å². The molecule has 1 aliphatic rings. The minimum atomic E-state index is -3.02. The zero-order chi connectivity index (χ0) is 15.7. The van der Waals surface area contributed by atoms with Crippen LogP contribution in [-0.4, -0.2) is 33.0 Å². The van der Waals surface area contributed by atoms with Crippen LogP contribution in [0, 0.1) is 0 Å². The molecule has 0 atom stereocenters. The number of hydrogen-bond acceptors (Lipinski definition) is 9. The molecule has 0 spiro atoms. The van der Waals surface area contributed by atoms with Gasteiger partial charge in [-0.15, -0.1) is 10.2 Å². The molecule has 1 aliphatic heterocycles. The number of rotatable bonds is 4. The smallest absolute Gasteiger partial charge is 0.669 e. The van der Waals surface area contributed by atoms with Crippen LogP contribution >= 0.6 is 23.1 Å². The van der Waals surface area contributed by atoms with E-state index in [-0.39, 0.29) is 76.7 Å². The minimum Gasteiger partial charge on any atom is -0.669 e. The normalized spacial score (nSPS) is 14.6. The molecule has 3 rings (SSSR count). The van der Waals surface area contributed by atoms with Crippen molar-refractivity contribution < 1.29 is 83.7 Å². The fourth-order valence-electron chi connectivity index (χ4n) is 2.30. The first-order chi connectivity index (χ1) is 10.5. The molecule has 2 heterocycles. The van der Waals surface area contributed by atoms with Crippen molar-refractivity contribution in [1.82, 2.24) is 10.2 Å². The second-order valence-corrected chi connectivity index (χ2v) is 6.94. The van der Waals surface area contributed by atoms with Crippen LogP contribution in [0.1, 0.15) is 21.5 Å². The Morgan fingerprint density at radius 2 is 2.17 bits per heavy atom. The monoisotopic (exact) mass is 384 g/mol. The number of carbonyl (C=O) groups excluding carboxylic acids is 1. The van der Waals surface area contributed by atoms with Crippen LogP contribution in [-0.2, 0) is 12.2 Å². The SMILES string of the molecule is O=C([O-])c1c(CSc2nncs2)ccc2c1O[B-](O)(O)CC2.[Na+].[Na+]. The Hall–Kier alpha value is 0.385. The molecule has 2 aromatic rings. The molecule has 0 saturated carbocycles. The number of nitrogens with zero attached hydrogens (tertiary/aromatic N) is 2. The predicted molar refractivity (Wildman–Crippen MR) is 79.6 cm³/mol. The number of fused-ring (bicyclic) bond motifs is 1. The third-order valence-electron chi connectivity index (χ3n) is 3.32. The maximum atomic E-state index is 11.5. The summed E-state index contributed by atoms with van der Waals surface area (Å²) in [5, 5.41) is 38.4. The van der Waals surface area contributed by atoms with Crippen LogP contribution in [0.4, 0.5) is 0 Å². The molecule has 0 radical (unpaired) electrons. The number of hydrogen-bond donors (Lipinski definition) is 2. The molecule has 116 valence electrons. The van der Waals surface area contributed by atoms with Gasteiger partial charge in [0.05, 0.1) is 11.7 Å². The first kappa shape index (κ1) is 22.4. The van der Waals surface area contributed by atoms with Crippen LogP contribution < -0.4 is 68.9 Å². The number of aryl methyl sites for hydroxylation is 1. The Balaban J connectivity index is 0.00000144. The fourth-order valence-corrected chi connectivity index (χ4v) is 3.78. The third-order valence-corrected chi connectivity index (χ3v) is 5.23. The number of carboxylic acid groups (broad SMARTS) is 1. The molecule has 2 N–H and O–H groups in total. The van der Waals surface area contributed by atoms with Crippen molar-refractivity contribution in [1.29, 1.82) is 0 Å². The molecule has 0 amide bonds. The van der Waals surface area contributed by atoms with Gasteiger partial charge in [0, 0.05) is 11.3 Å². The van der Waals surface area contributed by atoms with Crippen molar-refractivity contribution in [2.75, 3.05) is 0 Å². The molecular formula is C12H11BN2Na2O5S2. The van der Waals surface area contributed by atoms with Gasteiger partial charge in [-0.2, -0.15) is 0 Å². The molecule has 0 aliphatic carbocycles. The average Bonchev–Trinajstić information content (AvgIpc) is 2.96. The van der Waals surface area contributed by atoms with Gasteiger partial charge in [0.2, 0.25) is 0 Å². The molecule has 7 nitrogen and oxygen atoms in total. The number of thioether (sulfide) groups is 1. The average molecular weight is 384 g/mol. The largest absolute Gasteiger partial charge is 1.00 e. The van der Waals surface area contributed by atoms with Crippen LogP contribution in [0.3, 0.4) is 0 Å². The molecular weight excluding hydrogens is 373 g/mol. The first-order valence-corrected chi connectivity index (χ1v) is 8.37. The second-order valence-electron chi connectivity index (χ2n) is 4.88. The quantitative estimate of drug-likeness (QED) is 0.396. The molecule has 0 bridgehead atoms. The molecule has 24 heavy (non-hydrogen) atoms. The van der Waals surface area contributed by atoms with Gasteiger partial charge < -0.3 is 24.6 Å². The van der Waals surface area contributed by atoms with E-state index in [9.17, 15) is 19.9 Å². The van der Waals surface area contributed by atoms with E-state index < -0.39 is 12.7 Å². The summed E-state index contributed by atoms with van der Waals surface area (Å²) in [5.74, 6) is -1.07. The van der Waals surface area contributed by atoms with Gasteiger partial charge in [-0.3, -0.25) is 0 Å². The van der Waals surface area contributed by atoms with E-state index in [1.807, 2.05) is 0 Å². The number of benzene rings is 1. The Kier molecular flexibility index (Phi) is 8.74. The molecule has 12 heteroatoms. The minimum absolute atomic E-state index is 0. The molecule has 0 fully saturated rings.